The lowest BCUT2D eigenvalue weighted by molar-refractivity contribution is -0.119. The number of H-pyrrole nitrogens is 1. The molecule has 0 saturated carbocycles. The number of amides is 4. The summed E-state index contributed by atoms with van der Waals surface area (Å²) >= 11 is 6.15. The van der Waals surface area contributed by atoms with Crippen LogP contribution in [0.3, 0.4) is 0 Å². The third kappa shape index (κ3) is 5.70. The van der Waals surface area contributed by atoms with Gasteiger partial charge in [0.1, 0.15) is 0 Å². The fourth-order valence-electron chi connectivity index (χ4n) is 5.17. The number of rotatable bonds is 5. The maximum atomic E-state index is 13.2. The molecule has 5 rings (SSSR count). The van der Waals surface area contributed by atoms with Crippen LogP contribution in [0.15, 0.2) is 48.7 Å². The summed E-state index contributed by atoms with van der Waals surface area (Å²) in [5, 5.41) is 7.40. The zero-order chi connectivity index (χ0) is 27.5. The van der Waals surface area contributed by atoms with Gasteiger partial charge in [0.2, 0.25) is 5.91 Å². The number of likely N-dealkylation sites (tertiary alicyclic amines) is 1. The molecule has 3 N–H and O–H groups in total. The summed E-state index contributed by atoms with van der Waals surface area (Å²) < 4.78 is 4.88. The molecular weight excluding hydrogens is 522 g/mol. The summed E-state index contributed by atoms with van der Waals surface area (Å²) in [4.78, 5) is 57.1. The monoisotopic (exact) mass is 551 g/mol. The van der Waals surface area contributed by atoms with E-state index in [2.05, 4.69) is 15.6 Å². The molecule has 4 amide bonds. The van der Waals surface area contributed by atoms with E-state index in [1.54, 1.807) is 53.6 Å². The first kappa shape index (κ1) is 26.6. The molecule has 10 nitrogen and oxygen atoms in total. The van der Waals surface area contributed by atoms with E-state index in [4.69, 9.17) is 16.3 Å². The van der Waals surface area contributed by atoms with Crippen molar-refractivity contribution >= 4 is 52.0 Å². The fourth-order valence-corrected chi connectivity index (χ4v) is 5.39. The van der Waals surface area contributed by atoms with Crippen molar-refractivity contribution in [1.82, 2.24) is 20.5 Å². The second-order valence-electron chi connectivity index (χ2n) is 9.81. The number of fused-ring (bicyclic) bond motifs is 1. The van der Waals surface area contributed by atoms with Crippen molar-refractivity contribution in [3.63, 3.8) is 0 Å². The number of carbonyl (C=O) groups is 4. The molecule has 2 aliphatic rings. The van der Waals surface area contributed by atoms with Crippen LogP contribution in [0, 0.1) is 0 Å². The molecule has 0 unspecified atom stereocenters. The van der Waals surface area contributed by atoms with Gasteiger partial charge in [-0.1, -0.05) is 17.7 Å². The lowest BCUT2D eigenvalue weighted by Crippen LogP contribution is -2.61. The largest absolute Gasteiger partial charge is 0.453 e. The summed E-state index contributed by atoms with van der Waals surface area (Å²) in [6.07, 6.45) is 3.97. The molecule has 2 saturated heterocycles. The van der Waals surface area contributed by atoms with E-state index >= 15 is 0 Å². The molecule has 11 heteroatoms. The Bertz CT molecular complexity index is 1410. The van der Waals surface area contributed by atoms with E-state index in [9.17, 15) is 19.2 Å². The standard InChI is InChI=1S/C28H30ClN5O5/c1-39-28(38)33-13-11-22(31-27(37)18-7-10-20-21(29)15-30-23(20)14-18)24(16-33)32-26(36)17-5-8-19(9-6-17)34-12-3-2-4-25(34)35/h5-10,14-15,22,24,30H,2-4,11-13,16H2,1H3,(H,31,37)(H,32,36)/t22-,24+/m1/s1. The SMILES string of the molecule is COC(=O)N1CC[C@@H](NC(=O)c2ccc3c(Cl)c[nH]c3c2)[C@@H](NC(=O)c2ccc(N3CCCCC3=O)cc2)C1. The van der Waals surface area contributed by atoms with Crippen LogP contribution >= 0.6 is 11.6 Å². The highest BCUT2D eigenvalue weighted by Crippen LogP contribution is 2.24. The van der Waals surface area contributed by atoms with E-state index in [1.165, 1.54) is 12.0 Å². The van der Waals surface area contributed by atoms with Crippen LogP contribution in [0.4, 0.5) is 10.5 Å². The Labute approximate surface area is 230 Å². The molecular formula is C28H30ClN5O5. The van der Waals surface area contributed by atoms with E-state index < -0.39 is 18.2 Å². The number of aromatic nitrogens is 1. The van der Waals surface area contributed by atoms with E-state index in [0.717, 1.165) is 29.4 Å². The fraction of sp³-hybridized carbons (Fsp3) is 0.357. The normalized spacial score (nSPS) is 19.6. The number of nitrogens with one attached hydrogen (secondary N) is 3. The van der Waals surface area contributed by atoms with Crippen molar-refractivity contribution in [1.29, 1.82) is 0 Å². The van der Waals surface area contributed by atoms with Crippen LogP contribution in [-0.2, 0) is 9.53 Å². The number of carbonyl (C=O) groups excluding carboxylic acids is 4. The number of hydrogen-bond donors (Lipinski definition) is 3. The zero-order valence-electron chi connectivity index (χ0n) is 21.5. The highest BCUT2D eigenvalue weighted by atomic mass is 35.5. The van der Waals surface area contributed by atoms with Gasteiger partial charge in [-0.05, 0) is 55.7 Å². The van der Waals surface area contributed by atoms with Gasteiger partial charge in [-0.15, -0.1) is 0 Å². The van der Waals surface area contributed by atoms with Gasteiger partial charge >= 0.3 is 6.09 Å². The Kier molecular flexibility index (Phi) is 7.74. The number of nitrogens with zero attached hydrogens (tertiary/aromatic N) is 2. The first-order chi connectivity index (χ1) is 18.8. The second kappa shape index (κ2) is 11.4. The van der Waals surface area contributed by atoms with Crippen LogP contribution in [0.1, 0.15) is 46.4 Å². The molecule has 39 heavy (non-hydrogen) atoms. The molecule has 0 aliphatic carbocycles. The zero-order valence-corrected chi connectivity index (χ0v) is 22.3. The Balaban J connectivity index is 1.30. The second-order valence-corrected chi connectivity index (χ2v) is 10.2. The summed E-state index contributed by atoms with van der Waals surface area (Å²) in [5.41, 5.74) is 2.37. The molecule has 0 spiro atoms. The highest BCUT2D eigenvalue weighted by molar-refractivity contribution is 6.35. The van der Waals surface area contributed by atoms with Crippen molar-refractivity contribution in [3.05, 3.63) is 64.8 Å². The van der Waals surface area contributed by atoms with Gasteiger partial charge in [0.15, 0.2) is 0 Å². The van der Waals surface area contributed by atoms with Crippen molar-refractivity contribution < 1.29 is 23.9 Å². The molecule has 2 aromatic carbocycles. The van der Waals surface area contributed by atoms with Crippen LogP contribution in [-0.4, -0.2) is 72.5 Å². The molecule has 1 aromatic heterocycles. The third-order valence-electron chi connectivity index (χ3n) is 7.34. The van der Waals surface area contributed by atoms with Crippen molar-refractivity contribution in [2.24, 2.45) is 0 Å². The van der Waals surface area contributed by atoms with E-state index in [1.807, 2.05) is 0 Å². The number of aromatic amines is 1. The number of ether oxygens (including phenoxy) is 1. The molecule has 2 aliphatic heterocycles. The first-order valence-electron chi connectivity index (χ1n) is 13.0. The lowest BCUT2D eigenvalue weighted by atomic mass is 9.98. The molecule has 2 atom stereocenters. The smallest absolute Gasteiger partial charge is 0.409 e. The van der Waals surface area contributed by atoms with Crippen molar-refractivity contribution in [2.75, 3.05) is 31.6 Å². The third-order valence-corrected chi connectivity index (χ3v) is 7.65. The van der Waals surface area contributed by atoms with Gasteiger partial charge in [-0.25, -0.2) is 4.79 Å². The van der Waals surface area contributed by atoms with Crippen LogP contribution in [0.25, 0.3) is 10.9 Å². The number of piperidine rings is 2. The molecule has 0 bridgehead atoms. The van der Waals surface area contributed by atoms with Gasteiger partial charge in [0.25, 0.3) is 11.8 Å². The Morgan fingerprint density at radius 2 is 1.69 bits per heavy atom. The average molecular weight is 552 g/mol. The number of halogens is 1. The Hall–Kier alpha value is -4.05. The average Bonchev–Trinajstić information content (AvgIpc) is 3.33. The molecule has 3 aromatic rings. The van der Waals surface area contributed by atoms with Gasteiger partial charge < -0.3 is 30.2 Å². The van der Waals surface area contributed by atoms with Crippen LogP contribution in [0.5, 0.6) is 0 Å². The summed E-state index contributed by atoms with van der Waals surface area (Å²) in [7, 11) is 1.31. The minimum atomic E-state index is -0.554. The lowest BCUT2D eigenvalue weighted by Gasteiger charge is -2.38. The van der Waals surface area contributed by atoms with Crippen LogP contribution < -0.4 is 15.5 Å². The van der Waals surface area contributed by atoms with Crippen molar-refractivity contribution in [3.8, 4) is 0 Å². The van der Waals surface area contributed by atoms with E-state index in [0.29, 0.717) is 42.1 Å². The van der Waals surface area contributed by atoms with Gasteiger partial charge in [-0.2, -0.15) is 0 Å². The van der Waals surface area contributed by atoms with Crippen molar-refractivity contribution in [2.45, 2.75) is 37.8 Å². The highest BCUT2D eigenvalue weighted by Gasteiger charge is 2.34. The number of methoxy groups -OCH3 is 1. The van der Waals surface area contributed by atoms with Crippen LogP contribution in [0.2, 0.25) is 5.02 Å². The minimum absolute atomic E-state index is 0.0839. The number of hydrogen-bond acceptors (Lipinski definition) is 5. The van der Waals surface area contributed by atoms with Gasteiger partial charge in [-0.3, -0.25) is 14.4 Å². The minimum Gasteiger partial charge on any atom is -0.453 e. The quantitative estimate of drug-likeness (QED) is 0.446. The Morgan fingerprint density at radius 3 is 2.44 bits per heavy atom. The molecule has 0 radical (unpaired) electrons. The van der Waals surface area contributed by atoms with E-state index in [-0.39, 0.29) is 24.3 Å². The first-order valence-corrected chi connectivity index (χ1v) is 13.3. The van der Waals surface area contributed by atoms with Gasteiger partial charge in [0, 0.05) is 60.0 Å². The predicted molar refractivity (Wildman–Crippen MR) is 147 cm³/mol. The molecule has 204 valence electrons. The Morgan fingerprint density at radius 1 is 0.974 bits per heavy atom. The topological polar surface area (TPSA) is 124 Å². The summed E-state index contributed by atoms with van der Waals surface area (Å²) in [6, 6.07) is 11.1. The number of benzene rings is 2. The number of anilines is 1. The predicted octanol–water partition coefficient (Wildman–Crippen LogP) is 3.71. The maximum Gasteiger partial charge on any atom is 0.409 e. The molecule has 2 fully saturated rings. The maximum absolute atomic E-state index is 13.2. The summed E-state index contributed by atoms with van der Waals surface area (Å²) in [5.74, 6) is -0.556. The molecule has 3 heterocycles. The van der Waals surface area contributed by atoms with Gasteiger partial charge in [0.05, 0.1) is 24.2 Å². The summed E-state index contributed by atoms with van der Waals surface area (Å²) in [6.45, 7) is 1.21.